The summed E-state index contributed by atoms with van der Waals surface area (Å²) in [6.07, 6.45) is -3.23. The molecule has 26 heavy (non-hydrogen) atoms. The maximum atomic E-state index is 13.2. The van der Waals surface area contributed by atoms with Crippen molar-refractivity contribution < 1.29 is 26.4 Å². The van der Waals surface area contributed by atoms with Gasteiger partial charge in [-0.1, -0.05) is 12.1 Å². The highest BCUT2D eigenvalue weighted by atomic mass is 32.2. The predicted octanol–water partition coefficient (Wildman–Crippen LogP) is 1.34. The number of benzene rings is 1. The number of nitrogens with zero attached hydrogens (tertiary/aromatic N) is 3. The Morgan fingerprint density at radius 3 is 2.58 bits per heavy atom. The minimum absolute atomic E-state index is 0.0270. The van der Waals surface area contributed by atoms with E-state index in [-0.39, 0.29) is 31.0 Å². The molecule has 0 saturated heterocycles. The third kappa shape index (κ3) is 3.27. The summed E-state index contributed by atoms with van der Waals surface area (Å²) in [7, 11) is -4.41. The average Bonchev–Trinajstić information content (AvgIpc) is 2.60. The second-order valence-electron chi connectivity index (χ2n) is 5.61. The van der Waals surface area contributed by atoms with Gasteiger partial charge in [-0.2, -0.15) is 17.5 Å². The van der Waals surface area contributed by atoms with Gasteiger partial charge in [-0.3, -0.25) is 4.79 Å². The lowest BCUT2D eigenvalue weighted by molar-refractivity contribution is -0.139. The number of amides is 1. The first-order valence-corrected chi connectivity index (χ1v) is 8.85. The van der Waals surface area contributed by atoms with E-state index in [1.807, 2.05) is 0 Å². The van der Waals surface area contributed by atoms with Crippen molar-refractivity contribution >= 4 is 15.9 Å². The van der Waals surface area contributed by atoms with Gasteiger partial charge in [0.1, 0.15) is 0 Å². The Kier molecular flexibility index (Phi) is 4.44. The predicted molar refractivity (Wildman–Crippen MR) is 83.3 cm³/mol. The van der Waals surface area contributed by atoms with Gasteiger partial charge in [0.2, 0.25) is 15.8 Å². The van der Waals surface area contributed by atoms with Gasteiger partial charge in [-0.15, -0.1) is 0 Å². The summed E-state index contributed by atoms with van der Waals surface area (Å²) < 4.78 is 66.0. The smallest absolute Gasteiger partial charge is 0.363 e. The molecule has 138 valence electrons. The molecule has 0 aliphatic carbocycles. The van der Waals surface area contributed by atoms with Crippen LogP contribution in [0.15, 0.2) is 35.4 Å². The number of halogens is 3. The number of carbonyl (C=O) groups excluding carboxylic acids is 1. The molecule has 0 bridgehead atoms. The Morgan fingerprint density at radius 2 is 1.92 bits per heavy atom. The molecule has 0 spiro atoms. The molecule has 0 atom stereocenters. The number of hydrogen-bond acceptors (Lipinski definition) is 5. The molecule has 2 aromatic rings. The minimum Gasteiger partial charge on any atom is -0.363 e. The number of primary amides is 1. The quantitative estimate of drug-likeness (QED) is 0.857. The summed E-state index contributed by atoms with van der Waals surface area (Å²) in [5.74, 6) is -1.16. The largest absolute Gasteiger partial charge is 0.417 e. The summed E-state index contributed by atoms with van der Waals surface area (Å²) in [4.78, 5) is 18.1. The fourth-order valence-electron chi connectivity index (χ4n) is 2.67. The van der Waals surface area contributed by atoms with Gasteiger partial charge in [0.05, 0.1) is 22.7 Å². The van der Waals surface area contributed by atoms with E-state index in [0.29, 0.717) is 5.56 Å². The van der Waals surface area contributed by atoms with Gasteiger partial charge in [0, 0.05) is 12.7 Å². The number of rotatable bonds is 3. The number of carbonyl (C=O) groups is 1. The summed E-state index contributed by atoms with van der Waals surface area (Å²) >= 11 is 0. The van der Waals surface area contributed by atoms with Crippen LogP contribution in [0.5, 0.6) is 0 Å². The first kappa shape index (κ1) is 18.3. The summed E-state index contributed by atoms with van der Waals surface area (Å²) in [5, 5.41) is 0. The summed E-state index contributed by atoms with van der Waals surface area (Å²) in [6.45, 7) is -0.298. The number of alkyl halides is 3. The van der Waals surface area contributed by atoms with Crippen molar-refractivity contribution in [1.29, 1.82) is 0 Å². The van der Waals surface area contributed by atoms with Crippen LogP contribution in [-0.4, -0.2) is 35.1 Å². The van der Waals surface area contributed by atoms with E-state index in [1.54, 1.807) is 0 Å². The third-order valence-corrected chi connectivity index (χ3v) is 5.84. The highest BCUT2D eigenvalue weighted by Gasteiger charge is 2.39. The van der Waals surface area contributed by atoms with E-state index in [0.717, 1.165) is 22.5 Å². The van der Waals surface area contributed by atoms with Crippen LogP contribution in [0.25, 0.3) is 0 Å². The van der Waals surface area contributed by atoms with Crippen LogP contribution >= 0.6 is 0 Å². The Morgan fingerprint density at radius 1 is 1.23 bits per heavy atom. The second kappa shape index (κ2) is 6.32. The van der Waals surface area contributed by atoms with Crippen LogP contribution in [0, 0.1) is 0 Å². The van der Waals surface area contributed by atoms with E-state index in [2.05, 4.69) is 9.97 Å². The fraction of sp³-hybridized carbons (Fsp3) is 0.267. The molecule has 0 saturated carbocycles. The Labute approximate surface area is 146 Å². The lowest BCUT2D eigenvalue weighted by Gasteiger charge is -2.28. The SMILES string of the molecule is NC(=O)c1ncc2c(n1)CN(S(=O)(=O)c1ccccc1C(F)(F)F)CC2. The van der Waals surface area contributed by atoms with E-state index >= 15 is 0 Å². The van der Waals surface area contributed by atoms with Crippen LogP contribution in [-0.2, 0) is 29.2 Å². The van der Waals surface area contributed by atoms with Crippen molar-refractivity contribution in [2.24, 2.45) is 5.73 Å². The standard InChI is InChI=1S/C15H13F3N4O3S/c16-15(17,18)10-3-1-2-4-12(10)26(24,25)22-6-5-9-7-20-14(13(19)23)21-11(9)8-22/h1-4,7H,5-6,8H2,(H2,19,23). The maximum absolute atomic E-state index is 13.2. The maximum Gasteiger partial charge on any atom is 0.417 e. The molecule has 0 unspecified atom stereocenters. The molecule has 1 amide bonds. The van der Waals surface area contributed by atoms with Gasteiger partial charge in [-0.25, -0.2) is 18.4 Å². The van der Waals surface area contributed by atoms with E-state index in [4.69, 9.17) is 5.73 Å². The van der Waals surface area contributed by atoms with E-state index in [9.17, 15) is 26.4 Å². The summed E-state index contributed by atoms with van der Waals surface area (Å²) in [6, 6.07) is 3.99. The molecule has 1 aliphatic heterocycles. The molecule has 0 radical (unpaired) electrons. The van der Waals surface area contributed by atoms with Crippen molar-refractivity contribution in [3.63, 3.8) is 0 Å². The molecule has 2 N–H and O–H groups in total. The molecule has 1 aromatic heterocycles. The molecule has 0 fully saturated rings. The van der Waals surface area contributed by atoms with Crippen molar-refractivity contribution in [2.75, 3.05) is 6.54 Å². The minimum atomic E-state index is -4.81. The Bertz CT molecular complexity index is 976. The van der Waals surface area contributed by atoms with Crippen molar-refractivity contribution in [3.05, 3.63) is 53.1 Å². The molecular formula is C15H13F3N4O3S. The Balaban J connectivity index is 2.01. The van der Waals surface area contributed by atoms with Crippen molar-refractivity contribution in [3.8, 4) is 0 Å². The van der Waals surface area contributed by atoms with Gasteiger partial charge in [0.15, 0.2) is 0 Å². The average molecular weight is 386 g/mol. The first-order valence-electron chi connectivity index (χ1n) is 7.41. The van der Waals surface area contributed by atoms with E-state index < -0.39 is 32.6 Å². The zero-order valence-corrected chi connectivity index (χ0v) is 14.0. The molecule has 1 aliphatic rings. The number of nitrogens with two attached hydrogens (primary N) is 1. The lowest BCUT2D eigenvalue weighted by Crippen LogP contribution is -2.37. The van der Waals surface area contributed by atoms with Gasteiger partial charge in [0.25, 0.3) is 5.91 Å². The molecular weight excluding hydrogens is 373 g/mol. The zero-order valence-electron chi connectivity index (χ0n) is 13.2. The van der Waals surface area contributed by atoms with Gasteiger partial charge < -0.3 is 5.73 Å². The number of fused-ring (bicyclic) bond motifs is 1. The first-order chi connectivity index (χ1) is 12.1. The van der Waals surface area contributed by atoms with Gasteiger partial charge in [-0.05, 0) is 24.1 Å². The molecule has 7 nitrogen and oxygen atoms in total. The zero-order chi connectivity index (χ0) is 19.1. The van der Waals surface area contributed by atoms with Crippen LogP contribution < -0.4 is 5.73 Å². The lowest BCUT2D eigenvalue weighted by atomic mass is 10.1. The van der Waals surface area contributed by atoms with Crippen molar-refractivity contribution in [1.82, 2.24) is 14.3 Å². The number of hydrogen-bond donors (Lipinski definition) is 1. The third-order valence-electron chi connectivity index (χ3n) is 3.94. The molecule has 11 heteroatoms. The molecule has 1 aromatic carbocycles. The summed E-state index contributed by atoms with van der Waals surface area (Å²) in [5.41, 5.74) is 4.73. The Hall–Kier alpha value is -2.53. The molecule has 2 heterocycles. The number of sulfonamides is 1. The van der Waals surface area contributed by atoms with Crippen LogP contribution in [0.2, 0.25) is 0 Å². The topological polar surface area (TPSA) is 106 Å². The normalized spacial score (nSPS) is 15.5. The van der Waals surface area contributed by atoms with Crippen LogP contribution in [0.3, 0.4) is 0 Å². The van der Waals surface area contributed by atoms with Gasteiger partial charge >= 0.3 is 6.18 Å². The van der Waals surface area contributed by atoms with Crippen LogP contribution in [0.1, 0.15) is 27.4 Å². The van der Waals surface area contributed by atoms with E-state index in [1.165, 1.54) is 12.3 Å². The monoisotopic (exact) mass is 386 g/mol. The highest BCUT2D eigenvalue weighted by Crippen LogP contribution is 2.36. The second-order valence-corrected chi connectivity index (χ2v) is 7.52. The van der Waals surface area contributed by atoms with Crippen molar-refractivity contribution in [2.45, 2.75) is 24.0 Å². The number of aromatic nitrogens is 2. The van der Waals surface area contributed by atoms with Crippen LogP contribution in [0.4, 0.5) is 13.2 Å². The molecule has 3 rings (SSSR count). The fourth-order valence-corrected chi connectivity index (χ4v) is 4.28. The highest BCUT2D eigenvalue weighted by molar-refractivity contribution is 7.89.